The number of nitrogens with zero attached hydrogens (tertiary/aromatic N) is 2. The molecule has 0 spiro atoms. The van der Waals surface area contributed by atoms with Gasteiger partial charge in [0.25, 0.3) is 5.69 Å². The molecule has 0 aromatic heterocycles. The number of rotatable bonds is 7. The standard InChI is InChI=1S/C24H23F2N3O4S/c25-20-7-3-17(4-8-20)24(18-5-9-21(26)10-6-18)19-2-1-15-28(16-19)34(32,33)27-22-11-13-23(14-12-22)29(30)31/h3-14,19,24,27H,1-2,15-16H2. The molecule has 0 amide bonds. The molecule has 4 rings (SSSR count). The Labute approximate surface area is 196 Å². The van der Waals surface area contributed by atoms with Crippen LogP contribution in [0.1, 0.15) is 29.9 Å². The van der Waals surface area contributed by atoms with Crippen molar-refractivity contribution in [3.05, 3.63) is 106 Å². The summed E-state index contributed by atoms with van der Waals surface area (Å²) in [7, 11) is -3.92. The lowest BCUT2D eigenvalue weighted by Crippen LogP contribution is -2.44. The van der Waals surface area contributed by atoms with E-state index in [9.17, 15) is 27.3 Å². The first-order valence-electron chi connectivity index (χ1n) is 10.8. The van der Waals surface area contributed by atoms with Gasteiger partial charge < -0.3 is 0 Å². The minimum atomic E-state index is -3.92. The van der Waals surface area contributed by atoms with Gasteiger partial charge in [-0.05, 0) is 66.3 Å². The van der Waals surface area contributed by atoms with Crippen LogP contribution in [0, 0.1) is 27.7 Å². The summed E-state index contributed by atoms with van der Waals surface area (Å²) in [5, 5.41) is 10.8. The normalized spacial score (nSPS) is 17.0. The third kappa shape index (κ3) is 5.40. The minimum absolute atomic E-state index is 0.127. The van der Waals surface area contributed by atoms with Crippen molar-refractivity contribution in [2.75, 3.05) is 17.8 Å². The van der Waals surface area contributed by atoms with Crippen LogP contribution in [0.5, 0.6) is 0 Å². The molecule has 1 fully saturated rings. The number of piperidine rings is 1. The molecule has 1 heterocycles. The SMILES string of the molecule is O=[N+]([O-])c1ccc(NS(=O)(=O)N2CCCC(C(c3ccc(F)cc3)c3ccc(F)cc3)C2)cc1. The molecule has 1 N–H and O–H groups in total. The Bertz CT molecular complexity index is 1210. The Morgan fingerprint density at radius 1 is 0.912 bits per heavy atom. The molecule has 0 radical (unpaired) electrons. The van der Waals surface area contributed by atoms with Crippen molar-refractivity contribution in [2.24, 2.45) is 5.92 Å². The van der Waals surface area contributed by atoms with Crippen LogP contribution in [0.4, 0.5) is 20.2 Å². The monoisotopic (exact) mass is 487 g/mol. The van der Waals surface area contributed by atoms with E-state index in [0.717, 1.165) is 17.5 Å². The first-order valence-corrected chi connectivity index (χ1v) is 12.2. The molecule has 7 nitrogen and oxygen atoms in total. The molecular weight excluding hydrogens is 464 g/mol. The highest BCUT2D eigenvalue weighted by molar-refractivity contribution is 7.90. The summed E-state index contributed by atoms with van der Waals surface area (Å²) in [6, 6.07) is 17.3. The van der Waals surface area contributed by atoms with E-state index in [-0.39, 0.29) is 41.4 Å². The molecule has 34 heavy (non-hydrogen) atoms. The highest BCUT2D eigenvalue weighted by atomic mass is 32.2. The fourth-order valence-electron chi connectivity index (χ4n) is 4.41. The molecule has 3 aromatic carbocycles. The smallest absolute Gasteiger partial charge is 0.271 e. The highest BCUT2D eigenvalue weighted by Gasteiger charge is 2.34. The molecule has 1 atom stereocenters. The van der Waals surface area contributed by atoms with Gasteiger partial charge in [0.15, 0.2) is 0 Å². The van der Waals surface area contributed by atoms with Gasteiger partial charge in [0, 0.05) is 31.1 Å². The van der Waals surface area contributed by atoms with Crippen LogP contribution in [0.2, 0.25) is 0 Å². The number of nitro benzene ring substituents is 1. The van der Waals surface area contributed by atoms with E-state index in [1.807, 2.05) is 0 Å². The van der Waals surface area contributed by atoms with Crippen LogP contribution in [-0.2, 0) is 10.2 Å². The summed E-state index contributed by atoms with van der Waals surface area (Å²) < 4.78 is 57.1. The molecular formula is C24H23F2N3O4S. The first-order chi connectivity index (χ1) is 16.2. The van der Waals surface area contributed by atoms with Crippen LogP contribution >= 0.6 is 0 Å². The van der Waals surface area contributed by atoms with Crippen molar-refractivity contribution in [1.82, 2.24) is 4.31 Å². The van der Waals surface area contributed by atoms with Crippen molar-refractivity contribution in [3.63, 3.8) is 0 Å². The molecule has 1 unspecified atom stereocenters. The maximum atomic E-state index is 13.6. The van der Waals surface area contributed by atoms with Gasteiger partial charge in [-0.25, -0.2) is 8.78 Å². The maximum absolute atomic E-state index is 13.6. The summed E-state index contributed by atoms with van der Waals surface area (Å²) >= 11 is 0. The predicted octanol–water partition coefficient (Wildman–Crippen LogP) is 5.07. The number of anilines is 1. The van der Waals surface area contributed by atoms with Gasteiger partial charge in [-0.2, -0.15) is 12.7 Å². The molecule has 1 aliphatic rings. The lowest BCUT2D eigenvalue weighted by atomic mass is 9.77. The van der Waals surface area contributed by atoms with Gasteiger partial charge in [-0.15, -0.1) is 0 Å². The van der Waals surface area contributed by atoms with E-state index in [2.05, 4.69) is 4.72 Å². The topological polar surface area (TPSA) is 92.5 Å². The number of hydrogen-bond donors (Lipinski definition) is 1. The van der Waals surface area contributed by atoms with Gasteiger partial charge >= 0.3 is 10.2 Å². The Morgan fingerprint density at radius 3 is 1.94 bits per heavy atom. The summed E-state index contributed by atoms with van der Waals surface area (Å²) in [5.41, 5.74) is 1.73. The molecule has 0 saturated carbocycles. The van der Waals surface area contributed by atoms with Crippen LogP contribution in [0.3, 0.4) is 0 Å². The number of halogens is 2. The van der Waals surface area contributed by atoms with Crippen molar-refractivity contribution in [3.8, 4) is 0 Å². The second kappa shape index (κ2) is 9.86. The lowest BCUT2D eigenvalue weighted by Gasteiger charge is -2.37. The van der Waals surface area contributed by atoms with Crippen molar-refractivity contribution >= 4 is 21.6 Å². The maximum Gasteiger partial charge on any atom is 0.301 e. The first kappa shape index (κ1) is 23.8. The van der Waals surface area contributed by atoms with E-state index in [1.165, 1.54) is 52.8 Å². The van der Waals surface area contributed by atoms with Crippen molar-refractivity contribution < 1.29 is 22.1 Å². The number of nitro groups is 1. The van der Waals surface area contributed by atoms with Crippen LogP contribution < -0.4 is 4.72 Å². The van der Waals surface area contributed by atoms with Crippen LogP contribution in [-0.4, -0.2) is 30.7 Å². The van der Waals surface area contributed by atoms with Crippen molar-refractivity contribution in [2.45, 2.75) is 18.8 Å². The lowest BCUT2D eigenvalue weighted by molar-refractivity contribution is -0.384. The molecule has 10 heteroatoms. The van der Waals surface area contributed by atoms with E-state index in [0.29, 0.717) is 13.0 Å². The van der Waals surface area contributed by atoms with E-state index in [1.54, 1.807) is 24.3 Å². The largest absolute Gasteiger partial charge is 0.301 e. The molecule has 0 aliphatic carbocycles. The van der Waals surface area contributed by atoms with E-state index < -0.39 is 15.1 Å². The van der Waals surface area contributed by atoms with Gasteiger partial charge in [-0.3, -0.25) is 14.8 Å². The molecule has 0 bridgehead atoms. The van der Waals surface area contributed by atoms with Crippen LogP contribution in [0.15, 0.2) is 72.8 Å². The Hall–Kier alpha value is -3.37. The third-order valence-electron chi connectivity index (χ3n) is 6.02. The number of hydrogen-bond acceptors (Lipinski definition) is 4. The average Bonchev–Trinajstić information content (AvgIpc) is 2.82. The summed E-state index contributed by atoms with van der Waals surface area (Å²) in [4.78, 5) is 10.3. The second-order valence-electron chi connectivity index (χ2n) is 8.25. The zero-order valence-electron chi connectivity index (χ0n) is 18.1. The zero-order valence-corrected chi connectivity index (χ0v) is 18.9. The Morgan fingerprint density at radius 2 is 1.44 bits per heavy atom. The Kier molecular flexibility index (Phi) is 6.90. The van der Waals surface area contributed by atoms with Crippen molar-refractivity contribution in [1.29, 1.82) is 0 Å². The summed E-state index contributed by atoms with van der Waals surface area (Å²) in [5.74, 6) is -1.12. The molecule has 1 saturated heterocycles. The molecule has 1 aliphatic heterocycles. The summed E-state index contributed by atoms with van der Waals surface area (Å²) in [6.45, 7) is 0.528. The minimum Gasteiger partial charge on any atom is -0.271 e. The Balaban J connectivity index is 1.58. The van der Waals surface area contributed by atoms with Gasteiger partial charge in [-0.1, -0.05) is 24.3 Å². The molecule has 3 aromatic rings. The van der Waals surface area contributed by atoms with E-state index in [4.69, 9.17) is 0 Å². The van der Waals surface area contributed by atoms with Gasteiger partial charge in [0.1, 0.15) is 11.6 Å². The van der Waals surface area contributed by atoms with Crippen LogP contribution in [0.25, 0.3) is 0 Å². The van der Waals surface area contributed by atoms with E-state index >= 15 is 0 Å². The van der Waals surface area contributed by atoms with Gasteiger partial charge in [0.05, 0.1) is 10.6 Å². The quantitative estimate of drug-likeness (QED) is 0.372. The zero-order chi connectivity index (χ0) is 24.3. The fraction of sp³-hybridized carbons (Fsp3) is 0.250. The highest BCUT2D eigenvalue weighted by Crippen LogP contribution is 2.38. The average molecular weight is 488 g/mol. The predicted molar refractivity (Wildman–Crippen MR) is 125 cm³/mol. The number of non-ortho nitro benzene ring substituents is 1. The molecule has 178 valence electrons. The van der Waals surface area contributed by atoms with Gasteiger partial charge in [0.2, 0.25) is 0 Å². The summed E-state index contributed by atoms with van der Waals surface area (Å²) in [6.07, 6.45) is 1.35. The second-order valence-corrected chi connectivity index (χ2v) is 9.92. The number of benzene rings is 3. The fourth-order valence-corrected chi connectivity index (χ4v) is 5.73. The number of nitrogens with one attached hydrogen (secondary N) is 1. The third-order valence-corrected chi connectivity index (χ3v) is 7.52.